The third kappa shape index (κ3) is 3.82. The fraction of sp³-hybridized carbons (Fsp3) is 0.278. The van der Waals surface area contributed by atoms with E-state index in [4.69, 9.17) is 0 Å². The van der Waals surface area contributed by atoms with Gasteiger partial charge >= 0.3 is 0 Å². The first kappa shape index (κ1) is 16.6. The molecular weight excluding hydrogens is 329 g/mol. The summed E-state index contributed by atoms with van der Waals surface area (Å²) in [6.45, 7) is 0. The molecule has 0 radical (unpaired) electrons. The number of halogens is 1. The number of carbonyl (C=O) groups is 1. The fourth-order valence-electron chi connectivity index (χ4n) is 2.63. The second-order valence-corrected chi connectivity index (χ2v) is 8.10. The molecule has 1 N–H and O–H groups in total. The molecule has 6 heteroatoms. The maximum atomic E-state index is 12.9. The monoisotopic (exact) mass is 347 g/mol. The molecule has 126 valence electrons. The number of carbonyl (C=O) groups excluding carboxylic acids is 1. The Bertz CT molecular complexity index is 843. The molecule has 0 heterocycles. The lowest BCUT2D eigenvalue weighted by Gasteiger charge is -2.24. The highest BCUT2D eigenvalue weighted by Crippen LogP contribution is 2.29. The van der Waals surface area contributed by atoms with E-state index in [9.17, 15) is 17.6 Å². The van der Waals surface area contributed by atoms with Crippen molar-refractivity contribution in [1.82, 2.24) is 0 Å². The highest BCUT2D eigenvalue weighted by Gasteiger charge is 2.26. The van der Waals surface area contributed by atoms with Crippen LogP contribution in [0.25, 0.3) is 0 Å². The van der Waals surface area contributed by atoms with Gasteiger partial charge in [0.15, 0.2) is 9.84 Å². The highest BCUT2D eigenvalue weighted by atomic mass is 32.2. The molecule has 0 bridgehead atoms. The molecule has 0 unspecified atom stereocenters. The fourth-order valence-corrected chi connectivity index (χ4v) is 4.37. The maximum absolute atomic E-state index is 12.9. The van der Waals surface area contributed by atoms with Gasteiger partial charge in [-0.2, -0.15) is 0 Å². The first-order valence-corrected chi connectivity index (χ1v) is 9.49. The summed E-state index contributed by atoms with van der Waals surface area (Å²) < 4.78 is 37.8. The molecule has 0 aliphatic heterocycles. The first-order valence-electron chi connectivity index (χ1n) is 7.84. The lowest BCUT2D eigenvalue weighted by molar-refractivity contribution is 0.102. The molecule has 0 saturated heterocycles. The third-order valence-corrected chi connectivity index (χ3v) is 6.12. The molecule has 0 spiro atoms. The number of benzene rings is 2. The van der Waals surface area contributed by atoms with Gasteiger partial charge in [0.05, 0.1) is 10.6 Å². The predicted octanol–water partition coefficient (Wildman–Crippen LogP) is 3.65. The summed E-state index contributed by atoms with van der Waals surface area (Å²) in [6.07, 6.45) is 2.98. The van der Waals surface area contributed by atoms with Crippen molar-refractivity contribution in [2.45, 2.75) is 24.2 Å². The molecule has 1 aliphatic carbocycles. The molecule has 24 heavy (non-hydrogen) atoms. The molecule has 2 aromatic rings. The Labute approximate surface area is 140 Å². The van der Waals surface area contributed by atoms with Crippen LogP contribution in [0.2, 0.25) is 0 Å². The zero-order chi connectivity index (χ0) is 17.2. The zero-order valence-electron chi connectivity index (χ0n) is 13.0. The Balaban J connectivity index is 1.76. The molecular formula is C18H18FNO3S. The van der Waals surface area contributed by atoms with E-state index in [0.717, 1.165) is 19.3 Å². The molecule has 1 fully saturated rings. The predicted molar refractivity (Wildman–Crippen MR) is 90.2 cm³/mol. The van der Waals surface area contributed by atoms with E-state index >= 15 is 0 Å². The lowest BCUT2D eigenvalue weighted by atomic mass is 9.87. The Morgan fingerprint density at radius 3 is 2.46 bits per heavy atom. The van der Waals surface area contributed by atoms with Crippen LogP contribution in [0.4, 0.5) is 10.1 Å². The lowest BCUT2D eigenvalue weighted by Crippen LogP contribution is -2.22. The molecule has 0 atom stereocenters. The summed E-state index contributed by atoms with van der Waals surface area (Å²) in [6, 6.07) is 11.4. The Morgan fingerprint density at radius 1 is 1.12 bits per heavy atom. The minimum atomic E-state index is -3.38. The van der Waals surface area contributed by atoms with Gasteiger partial charge in [-0.3, -0.25) is 4.79 Å². The quantitative estimate of drug-likeness (QED) is 0.898. The molecule has 3 rings (SSSR count). The number of hydrogen-bond acceptors (Lipinski definition) is 3. The summed E-state index contributed by atoms with van der Waals surface area (Å²) in [5.41, 5.74) is 0.707. The molecule has 4 nitrogen and oxygen atoms in total. The van der Waals surface area contributed by atoms with Crippen molar-refractivity contribution >= 4 is 21.4 Å². The number of sulfone groups is 1. The van der Waals surface area contributed by atoms with Crippen molar-refractivity contribution in [1.29, 1.82) is 0 Å². The van der Waals surface area contributed by atoms with Crippen molar-refractivity contribution in [3.8, 4) is 0 Å². The average molecular weight is 347 g/mol. The van der Waals surface area contributed by atoms with E-state index in [-0.39, 0.29) is 22.1 Å². The van der Waals surface area contributed by atoms with Crippen LogP contribution in [0.3, 0.4) is 0 Å². The number of rotatable bonds is 5. The first-order chi connectivity index (χ1) is 11.4. The number of amides is 1. The van der Waals surface area contributed by atoms with Crippen LogP contribution in [0, 0.1) is 11.7 Å². The standard InChI is InChI=1S/C18H18FNO3S/c19-15-7-9-16(10-8-15)20-18(21)14-5-2-6-17(11-14)24(22,23)12-13-3-1-4-13/h2,5-11,13H,1,3-4,12H2,(H,20,21). The summed E-state index contributed by atoms with van der Waals surface area (Å²) >= 11 is 0. The van der Waals surface area contributed by atoms with Gasteiger partial charge in [0, 0.05) is 11.3 Å². The van der Waals surface area contributed by atoms with Crippen LogP contribution in [0.15, 0.2) is 53.4 Å². The van der Waals surface area contributed by atoms with Gasteiger partial charge in [0.25, 0.3) is 5.91 Å². The normalized spacial score (nSPS) is 14.9. The topological polar surface area (TPSA) is 63.2 Å². The Morgan fingerprint density at radius 2 is 1.83 bits per heavy atom. The van der Waals surface area contributed by atoms with Crippen molar-refractivity contribution in [2.24, 2.45) is 5.92 Å². The van der Waals surface area contributed by atoms with E-state index < -0.39 is 21.6 Å². The second kappa shape index (κ2) is 6.73. The highest BCUT2D eigenvalue weighted by molar-refractivity contribution is 7.91. The van der Waals surface area contributed by atoms with Gasteiger partial charge in [0.1, 0.15) is 5.82 Å². The molecule has 0 aromatic heterocycles. The minimum absolute atomic E-state index is 0.135. The van der Waals surface area contributed by atoms with E-state index in [2.05, 4.69) is 5.32 Å². The van der Waals surface area contributed by atoms with Crippen LogP contribution in [0.1, 0.15) is 29.6 Å². The second-order valence-electron chi connectivity index (χ2n) is 6.07. The Hall–Kier alpha value is -2.21. The third-order valence-electron chi connectivity index (χ3n) is 4.24. The Kier molecular flexibility index (Phi) is 4.66. The van der Waals surface area contributed by atoms with Crippen LogP contribution in [-0.4, -0.2) is 20.1 Å². The maximum Gasteiger partial charge on any atom is 0.255 e. The summed E-state index contributed by atoms with van der Waals surface area (Å²) in [5, 5.41) is 2.63. The van der Waals surface area contributed by atoms with Crippen LogP contribution < -0.4 is 5.32 Å². The smallest absolute Gasteiger partial charge is 0.255 e. The van der Waals surface area contributed by atoms with Gasteiger partial charge < -0.3 is 5.32 Å². The van der Waals surface area contributed by atoms with Gasteiger partial charge in [-0.1, -0.05) is 12.5 Å². The van der Waals surface area contributed by atoms with Gasteiger partial charge in [0.2, 0.25) is 0 Å². The van der Waals surface area contributed by atoms with E-state index in [1.165, 1.54) is 36.4 Å². The summed E-state index contributed by atoms with van der Waals surface area (Å²) in [5.74, 6) is -0.457. The number of nitrogens with one attached hydrogen (secondary N) is 1. The van der Waals surface area contributed by atoms with Gasteiger partial charge in [-0.15, -0.1) is 0 Å². The summed E-state index contributed by atoms with van der Waals surface area (Å²) in [4.78, 5) is 12.4. The largest absolute Gasteiger partial charge is 0.322 e. The number of hydrogen-bond donors (Lipinski definition) is 1. The van der Waals surface area contributed by atoms with Crippen molar-refractivity contribution in [3.63, 3.8) is 0 Å². The van der Waals surface area contributed by atoms with Crippen LogP contribution in [0.5, 0.6) is 0 Å². The van der Waals surface area contributed by atoms with Crippen LogP contribution in [-0.2, 0) is 9.84 Å². The molecule has 1 aliphatic rings. The minimum Gasteiger partial charge on any atom is -0.322 e. The average Bonchev–Trinajstić information content (AvgIpc) is 2.53. The van der Waals surface area contributed by atoms with Crippen molar-refractivity contribution in [2.75, 3.05) is 11.1 Å². The van der Waals surface area contributed by atoms with E-state index in [1.807, 2.05) is 0 Å². The van der Waals surface area contributed by atoms with Gasteiger partial charge in [-0.05, 0) is 61.2 Å². The van der Waals surface area contributed by atoms with Crippen molar-refractivity contribution in [3.05, 3.63) is 59.9 Å². The molecule has 1 saturated carbocycles. The molecule has 2 aromatic carbocycles. The van der Waals surface area contributed by atoms with Crippen LogP contribution >= 0.6 is 0 Å². The van der Waals surface area contributed by atoms with Crippen molar-refractivity contribution < 1.29 is 17.6 Å². The molecule has 1 amide bonds. The van der Waals surface area contributed by atoms with E-state index in [0.29, 0.717) is 5.69 Å². The van der Waals surface area contributed by atoms with Gasteiger partial charge in [-0.25, -0.2) is 12.8 Å². The van der Waals surface area contributed by atoms with E-state index in [1.54, 1.807) is 12.1 Å². The summed E-state index contributed by atoms with van der Waals surface area (Å²) in [7, 11) is -3.38. The SMILES string of the molecule is O=C(Nc1ccc(F)cc1)c1cccc(S(=O)(=O)CC2CCC2)c1. The number of anilines is 1. The zero-order valence-corrected chi connectivity index (χ0v) is 13.9.